The van der Waals surface area contributed by atoms with Gasteiger partial charge in [-0.2, -0.15) is 0 Å². The Morgan fingerprint density at radius 3 is 2.75 bits per heavy atom. The number of carboxylic acid groups (broad SMARTS) is 1. The number of amides is 1. The maximum Gasteiger partial charge on any atom is 0.335 e. The maximum absolute atomic E-state index is 12.0. The van der Waals surface area contributed by atoms with Crippen molar-refractivity contribution in [1.82, 2.24) is 15.2 Å². The average molecular weight is 278 g/mol. The van der Waals surface area contributed by atoms with Crippen LogP contribution in [0.3, 0.4) is 0 Å². The smallest absolute Gasteiger partial charge is 0.335 e. The van der Waals surface area contributed by atoms with Gasteiger partial charge in [-0.15, -0.1) is 0 Å². The summed E-state index contributed by atoms with van der Waals surface area (Å²) in [4.78, 5) is 28.9. The van der Waals surface area contributed by atoms with Crippen molar-refractivity contribution >= 4 is 17.7 Å². The Bertz CT molecular complexity index is 512. The van der Waals surface area contributed by atoms with Crippen LogP contribution in [0.2, 0.25) is 0 Å². The van der Waals surface area contributed by atoms with Crippen LogP contribution >= 0.6 is 0 Å². The minimum absolute atomic E-state index is 0.00770. The molecule has 0 saturated carbocycles. The number of nitrogens with zero attached hydrogens (tertiary/aromatic N) is 2. The zero-order valence-electron chi connectivity index (χ0n) is 11.3. The van der Waals surface area contributed by atoms with Gasteiger partial charge in [0.05, 0.1) is 12.1 Å². The lowest BCUT2D eigenvalue weighted by atomic mass is 10.2. The fourth-order valence-electron chi connectivity index (χ4n) is 2.07. The quantitative estimate of drug-likeness (QED) is 0.714. The van der Waals surface area contributed by atoms with Gasteiger partial charge in [-0.3, -0.25) is 4.79 Å². The maximum atomic E-state index is 12.0. The van der Waals surface area contributed by atoms with Crippen molar-refractivity contribution in [3.63, 3.8) is 0 Å². The van der Waals surface area contributed by atoms with E-state index in [1.165, 1.54) is 12.1 Å². The molecular formula is C13H18N4O3. The molecule has 1 aromatic rings. The van der Waals surface area contributed by atoms with Gasteiger partial charge in [0.1, 0.15) is 5.82 Å². The summed E-state index contributed by atoms with van der Waals surface area (Å²) in [5, 5.41) is 15.0. The molecule has 7 heteroatoms. The molecule has 20 heavy (non-hydrogen) atoms. The van der Waals surface area contributed by atoms with Gasteiger partial charge >= 0.3 is 5.97 Å². The molecule has 2 heterocycles. The molecular weight excluding hydrogens is 260 g/mol. The number of aromatic carboxylic acids is 1. The second kappa shape index (κ2) is 6.33. The van der Waals surface area contributed by atoms with E-state index in [4.69, 9.17) is 5.11 Å². The van der Waals surface area contributed by atoms with E-state index in [2.05, 4.69) is 15.6 Å². The van der Waals surface area contributed by atoms with Crippen LogP contribution in [0.25, 0.3) is 0 Å². The molecule has 1 aliphatic rings. The fraction of sp³-hybridized carbons (Fsp3) is 0.462. The summed E-state index contributed by atoms with van der Waals surface area (Å²) in [6.07, 6.45) is 0. The number of aryl methyl sites for hydroxylation is 1. The molecule has 0 radical (unpaired) electrons. The zero-order chi connectivity index (χ0) is 14.5. The minimum Gasteiger partial charge on any atom is -0.478 e. The van der Waals surface area contributed by atoms with E-state index in [9.17, 15) is 9.59 Å². The van der Waals surface area contributed by atoms with Gasteiger partial charge in [-0.1, -0.05) is 0 Å². The minimum atomic E-state index is -1.01. The number of aromatic nitrogens is 1. The molecule has 3 N–H and O–H groups in total. The van der Waals surface area contributed by atoms with Gasteiger partial charge in [0.15, 0.2) is 0 Å². The van der Waals surface area contributed by atoms with Crippen molar-refractivity contribution in [2.45, 2.75) is 6.92 Å². The molecule has 0 unspecified atom stereocenters. The van der Waals surface area contributed by atoms with Crippen LogP contribution in [-0.4, -0.2) is 59.6 Å². The normalized spacial score (nSPS) is 14.9. The van der Waals surface area contributed by atoms with Crippen molar-refractivity contribution in [1.29, 1.82) is 0 Å². The van der Waals surface area contributed by atoms with E-state index in [-0.39, 0.29) is 18.0 Å². The van der Waals surface area contributed by atoms with Crippen LogP contribution < -0.4 is 10.6 Å². The predicted molar refractivity (Wildman–Crippen MR) is 73.9 cm³/mol. The van der Waals surface area contributed by atoms with E-state index < -0.39 is 5.97 Å². The van der Waals surface area contributed by atoms with Crippen LogP contribution in [0, 0.1) is 6.92 Å². The third-order valence-corrected chi connectivity index (χ3v) is 3.09. The number of hydrogen-bond acceptors (Lipinski definition) is 5. The first-order chi connectivity index (χ1) is 9.56. The SMILES string of the molecule is Cc1cc(C(=O)O)cc(NCC(=O)N2CCNCC2)n1. The molecule has 1 aliphatic heterocycles. The summed E-state index contributed by atoms with van der Waals surface area (Å²) in [6.45, 7) is 4.84. The first kappa shape index (κ1) is 14.3. The molecule has 1 saturated heterocycles. The average Bonchev–Trinajstić information content (AvgIpc) is 2.45. The third kappa shape index (κ3) is 3.67. The van der Waals surface area contributed by atoms with Crippen LogP contribution in [0.5, 0.6) is 0 Å². The van der Waals surface area contributed by atoms with Crippen molar-refractivity contribution < 1.29 is 14.7 Å². The number of carbonyl (C=O) groups is 2. The molecule has 1 fully saturated rings. The first-order valence-electron chi connectivity index (χ1n) is 6.50. The number of hydrogen-bond donors (Lipinski definition) is 3. The Hall–Kier alpha value is -2.15. The third-order valence-electron chi connectivity index (χ3n) is 3.09. The molecule has 108 valence electrons. The van der Waals surface area contributed by atoms with Crippen molar-refractivity contribution in [2.24, 2.45) is 0 Å². The predicted octanol–water partition coefficient (Wildman–Crippen LogP) is -0.0681. The molecule has 0 atom stereocenters. The number of anilines is 1. The van der Waals surface area contributed by atoms with Gasteiger partial charge in [0.2, 0.25) is 5.91 Å². The number of pyridine rings is 1. The van der Waals surface area contributed by atoms with E-state index >= 15 is 0 Å². The lowest BCUT2D eigenvalue weighted by Crippen LogP contribution is -2.48. The second-order valence-corrected chi connectivity index (χ2v) is 4.67. The monoisotopic (exact) mass is 278 g/mol. The van der Waals surface area contributed by atoms with Gasteiger partial charge in [0.25, 0.3) is 0 Å². The van der Waals surface area contributed by atoms with E-state index in [1.54, 1.807) is 11.8 Å². The number of piperazine rings is 1. The summed E-state index contributed by atoms with van der Waals surface area (Å²) in [6, 6.07) is 2.92. The summed E-state index contributed by atoms with van der Waals surface area (Å²) in [5.41, 5.74) is 0.761. The molecule has 2 rings (SSSR count). The van der Waals surface area contributed by atoms with Crippen LogP contribution in [0.15, 0.2) is 12.1 Å². The Morgan fingerprint density at radius 1 is 1.40 bits per heavy atom. The van der Waals surface area contributed by atoms with E-state index in [1.807, 2.05) is 0 Å². The van der Waals surface area contributed by atoms with Crippen molar-refractivity contribution in [3.8, 4) is 0 Å². The van der Waals surface area contributed by atoms with Crippen LogP contribution in [-0.2, 0) is 4.79 Å². The van der Waals surface area contributed by atoms with E-state index in [0.29, 0.717) is 24.6 Å². The number of carbonyl (C=O) groups excluding carboxylic acids is 1. The molecule has 0 bridgehead atoms. The van der Waals surface area contributed by atoms with Crippen molar-refractivity contribution in [3.05, 3.63) is 23.4 Å². The highest BCUT2D eigenvalue weighted by Gasteiger charge is 2.16. The Labute approximate surface area is 117 Å². The van der Waals surface area contributed by atoms with E-state index in [0.717, 1.165) is 13.1 Å². The fourth-order valence-corrected chi connectivity index (χ4v) is 2.07. The molecule has 1 aromatic heterocycles. The first-order valence-corrected chi connectivity index (χ1v) is 6.50. The lowest BCUT2D eigenvalue weighted by molar-refractivity contribution is -0.129. The summed E-state index contributed by atoms with van der Waals surface area (Å²) in [7, 11) is 0. The molecule has 1 amide bonds. The summed E-state index contributed by atoms with van der Waals surface area (Å²) >= 11 is 0. The summed E-state index contributed by atoms with van der Waals surface area (Å²) in [5.74, 6) is -0.607. The standard InChI is InChI=1S/C13H18N4O3/c1-9-6-10(13(19)20)7-11(16-9)15-8-12(18)17-4-2-14-3-5-17/h6-7,14H,2-5,8H2,1H3,(H,15,16)(H,19,20). The Morgan fingerprint density at radius 2 is 2.10 bits per heavy atom. The van der Waals surface area contributed by atoms with Gasteiger partial charge in [-0.25, -0.2) is 9.78 Å². The largest absolute Gasteiger partial charge is 0.478 e. The highest BCUT2D eigenvalue weighted by molar-refractivity contribution is 5.89. The van der Waals surface area contributed by atoms with Gasteiger partial charge < -0.3 is 20.6 Å². The topological polar surface area (TPSA) is 94.6 Å². The highest BCUT2D eigenvalue weighted by Crippen LogP contribution is 2.10. The van der Waals surface area contributed by atoms with Crippen LogP contribution in [0.1, 0.15) is 16.1 Å². The second-order valence-electron chi connectivity index (χ2n) is 4.67. The molecule has 0 aliphatic carbocycles. The molecule has 0 aromatic carbocycles. The zero-order valence-corrected chi connectivity index (χ0v) is 11.3. The summed E-state index contributed by atoms with van der Waals surface area (Å²) < 4.78 is 0. The Balaban J connectivity index is 1.96. The number of rotatable bonds is 4. The number of nitrogens with one attached hydrogen (secondary N) is 2. The van der Waals surface area contributed by atoms with Gasteiger partial charge in [0, 0.05) is 31.9 Å². The molecule has 0 spiro atoms. The number of carboxylic acids is 1. The lowest BCUT2D eigenvalue weighted by Gasteiger charge is -2.27. The van der Waals surface area contributed by atoms with Crippen molar-refractivity contribution in [2.75, 3.05) is 38.0 Å². The Kier molecular flexibility index (Phi) is 4.52. The van der Waals surface area contributed by atoms with Gasteiger partial charge in [-0.05, 0) is 19.1 Å². The highest BCUT2D eigenvalue weighted by atomic mass is 16.4. The van der Waals surface area contributed by atoms with Crippen LogP contribution in [0.4, 0.5) is 5.82 Å². The molecule has 7 nitrogen and oxygen atoms in total.